The summed E-state index contributed by atoms with van der Waals surface area (Å²) < 4.78 is 43.6. The lowest BCUT2D eigenvalue weighted by atomic mass is 10.3. The van der Waals surface area contributed by atoms with E-state index < -0.39 is 6.36 Å². The van der Waals surface area contributed by atoms with E-state index in [9.17, 15) is 13.2 Å². The molecule has 0 aromatic heterocycles. The first-order valence-corrected chi connectivity index (χ1v) is 4.09. The smallest absolute Gasteiger partial charge is 0.478 e. The highest BCUT2D eigenvalue weighted by molar-refractivity contribution is 6.17. The van der Waals surface area contributed by atoms with E-state index in [0.717, 1.165) is 12.1 Å². The highest BCUT2D eigenvalue weighted by Crippen LogP contribution is 2.24. The Kier molecular flexibility index (Phi) is 3.46. The number of hydrogen-bond donors (Lipinski definition) is 0. The Balaban J connectivity index is 2.64. The molecule has 0 saturated carbocycles. The van der Waals surface area contributed by atoms with Crippen LogP contribution in [-0.4, -0.2) is 12.4 Å². The van der Waals surface area contributed by atoms with Crippen molar-refractivity contribution in [3.05, 3.63) is 24.3 Å². The van der Waals surface area contributed by atoms with Gasteiger partial charge in [-0.05, 0) is 24.3 Å². The van der Waals surface area contributed by atoms with Crippen LogP contribution in [0.2, 0.25) is 0 Å². The number of alkyl halides is 4. The summed E-state index contributed by atoms with van der Waals surface area (Å²) in [7, 11) is 0. The lowest BCUT2D eigenvalue weighted by Gasteiger charge is -2.08. The number of ether oxygens (including phenoxy) is 2. The van der Waals surface area contributed by atoms with Crippen molar-refractivity contribution in [2.24, 2.45) is 0 Å². The molecule has 0 heterocycles. The molecule has 0 fully saturated rings. The maximum Gasteiger partial charge on any atom is 0.573 e. The third kappa shape index (κ3) is 3.74. The molecule has 0 amide bonds. The maximum atomic E-state index is 11.7. The first kappa shape index (κ1) is 11.0. The van der Waals surface area contributed by atoms with Gasteiger partial charge in [-0.1, -0.05) is 11.6 Å². The third-order valence-corrected chi connectivity index (χ3v) is 1.39. The summed E-state index contributed by atoms with van der Waals surface area (Å²) in [4.78, 5) is 0. The van der Waals surface area contributed by atoms with Crippen molar-refractivity contribution < 1.29 is 22.6 Å². The fourth-order valence-corrected chi connectivity index (χ4v) is 0.927. The average molecular weight is 227 g/mol. The van der Waals surface area contributed by atoms with Gasteiger partial charge in [0.15, 0.2) is 6.07 Å². The van der Waals surface area contributed by atoms with Crippen molar-refractivity contribution in [2.75, 3.05) is 6.07 Å². The molecular weight excluding hydrogens is 221 g/mol. The SMILES string of the molecule is FC(F)(F)Oc1ccc(OCCl)cc1. The van der Waals surface area contributed by atoms with Crippen LogP contribution in [0.4, 0.5) is 13.2 Å². The number of rotatable bonds is 3. The molecular formula is C8H6ClF3O2. The topological polar surface area (TPSA) is 18.5 Å². The van der Waals surface area contributed by atoms with Gasteiger partial charge < -0.3 is 9.47 Å². The Bertz CT molecular complexity index is 284. The molecule has 0 N–H and O–H groups in total. The van der Waals surface area contributed by atoms with Gasteiger partial charge in [0, 0.05) is 0 Å². The second kappa shape index (κ2) is 4.41. The fraction of sp³-hybridized carbons (Fsp3) is 0.250. The second-order valence-electron chi connectivity index (χ2n) is 2.27. The van der Waals surface area contributed by atoms with Crippen LogP contribution in [0.25, 0.3) is 0 Å². The predicted octanol–water partition coefficient (Wildman–Crippen LogP) is 3.16. The van der Waals surface area contributed by atoms with Crippen molar-refractivity contribution >= 4 is 11.6 Å². The lowest BCUT2D eigenvalue weighted by molar-refractivity contribution is -0.274. The van der Waals surface area contributed by atoms with Gasteiger partial charge in [-0.15, -0.1) is 13.2 Å². The minimum Gasteiger partial charge on any atom is -0.478 e. The van der Waals surface area contributed by atoms with E-state index >= 15 is 0 Å². The molecule has 0 aliphatic rings. The van der Waals surface area contributed by atoms with Crippen LogP contribution in [0.5, 0.6) is 11.5 Å². The molecule has 0 unspecified atom stereocenters. The van der Waals surface area contributed by atoms with Crippen LogP contribution in [0, 0.1) is 0 Å². The Morgan fingerprint density at radius 1 is 1.07 bits per heavy atom. The molecule has 0 aliphatic carbocycles. The van der Waals surface area contributed by atoms with Gasteiger partial charge in [-0.25, -0.2) is 0 Å². The maximum absolute atomic E-state index is 11.7. The van der Waals surface area contributed by atoms with E-state index in [0.29, 0.717) is 5.75 Å². The monoisotopic (exact) mass is 226 g/mol. The molecule has 14 heavy (non-hydrogen) atoms. The molecule has 1 aromatic carbocycles. The van der Waals surface area contributed by atoms with Crippen LogP contribution in [0.15, 0.2) is 24.3 Å². The van der Waals surface area contributed by atoms with E-state index in [-0.39, 0.29) is 11.8 Å². The Labute approximate surface area is 83.2 Å². The van der Waals surface area contributed by atoms with Crippen LogP contribution in [-0.2, 0) is 0 Å². The van der Waals surface area contributed by atoms with Crippen molar-refractivity contribution in [2.45, 2.75) is 6.36 Å². The normalized spacial score (nSPS) is 11.1. The highest BCUT2D eigenvalue weighted by Gasteiger charge is 2.30. The zero-order valence-corrected chi connectivity index (χ0v) is 7.60. The zero-order valence-electron chi connectivity index (χ0n) is 6.84. The van der Waals surface area contributed by atoms with Crippen molar-refractivity contribution in [1.29, 1.82) is 0 Å². The average Bonchev–Trinajstić information content (AvgIpc) is 2.06. The third-order valence-electron chi connectivity index (χ3n) is 1.28. The van der Waals surface area contributed by atoms with Gasteiger partial charge in [0.25, 0.3) is 0 Å². The molecule has 78 valence electrons. The van der Waals surface area contributed by atoms with Gasteiger partial charge in [0.2, 0.25) is 0 Å². The lowest BCUT2D eigenvalue weighted by Crippen LogP contribution is -2.16. The van der Waals surface area contributed by atoms with Crippen LogP contribution >= 0.6 is 11.6 Å². The largest absolute Gasteiger partial charge is 0.573 e. The summed E-state index contributed by atoms with van der Waals surface area (Å²) in [6.07, 6.45) is -4.67. The van der Waals surface area contributed by atoms with Crippen molar-refractivity contribution in [3.63, 3.8) is 0 Å². The van der Waals surface area contributed by atoms with Crippen molar-refractivity contribution in [3.8, 4) is 11.5 Å². The standard InChI is InChI=1S/C8H6ClF3O2/c9-5-13-6-1-3-7(4-2-6)14-8(10,11)12/h1-4H,5H2. The van der Waals surface area contributed by atoms with Crippen molar-refractivity contribution in [1.82, 2.24) is 0 Å². The van der Waals surface area contributed by atoms with Crippen LogP contribution in [0.1, 0.15) is 0 Å². The molecule has 0 radical (unpaired) electrons. The quantitative estimate of drug-likeness (QED) is 0.737. The molecule has 0 aliphatic heterocycles. The van der Waals surface area contributed by atoms with Crippen LogP contribution in [0.3, 0.4) is 0 Å². The van der Waals surface area contributed by atoms with Crippen LogP contribution < -0.4 is 9.47 Å². The molecule has 1 aromatic rings. The molecule has 6 heteroatoms. The predicted molar refractivity (Wildman–Crippen MR) is 44.5 cm³/mol. The summed E-state index contributed by atoms with van der Waals surface area (Å²) in [5.74, 6) is 0.0916. The first-order chi connectivity index (χ1) is 6.51. The summed E-state index contributed by atoms with van der Waals surface area (Å²) in [5, 5.41) is 0. The molecule has 2 nitrogen and oxygen atoms in total. The zero-order chi connectivity index (χ0) is 10.6. The van der Waals surface area contributed by atoms with Gasteiger partial charge in [0.1, 0.15) is 11.5 Å². The van der Waals surface area contributed by atoms with E-state index in [4.69, 9.17) is 16.3 Å². The summed E-state index contributed by atoms with van der Waals surface area (Å²) >= 11 is 5.25. The Hall–Kier alpha value is -1.10. The minimum absolute atomic E-state index is 0.0561. The van der Waals surface area contributed by atoms with E-state index in [1.807, 2.05) is 0 Å². The summed E-state index contributed by atoms with van der Waals surface area (Å²) in [6, 6.07) is 4.91. The molecule has 0 bridgehead atoms. The number of hydrogen-bond acceptors (Lipinski definition) is 2. The van der Waals surface area contributed by atoms with E-state index in [1.165, 1.54) is 12.1 Å². The van der Waals surface area contributed by atoms with Gasteiger partial charge >= 0.3 is 6.36 Å². The minimum atomic E-state index is -4.67. The Morgan fingerprint density at radius 2 is 1.57 bits per heavy atom. The first-order valence-electron chi connectivity index (χ1n) is 3.56. The molecule has 1 rings (SSSR count). The Morgan fingerprint density at radius 3 is 2.00 bits per heavy atom. The second-order valence-corrected chi connectivity index (χ2v) is 2.49. The molecule has 0 spiro atoms. The van der Waals surface area contributed by atoms with Gasteiger partial charge in [0.05, 0.1) is 0 Å². The highest BCUT2D eigenvalue weighted by atomic mass is 35.5. The number of halogens is 4. The molecule has 0 saturated heterocycles. The number of benzene rings is 1. The van der Waals surface area contributed by atoms with E-state index in [2.05, 4.69) is 4.74 Å². The summed E-state index contributed by atoms with van der Waals surface area (Å²) in [5.41, 5.74) is 0. The van der Waals surface area contributed by atoms with Gasteiger partial charge in [-0.2, -0.15) is 0 Å². The molecule has 0 atom stereocenters. The summed E-state index contributed by atoms with van der Waals surface area (Å²) in [6.45, 7) is 0. The van der Waals surface area contributed by atoms with E-state index in [1.54, 1.807) is 0 Å². The van der Waals surface area contributed by atoms with Gasteiger partial charge in [-0.3, -0.25) is 0 Å². The fourth-order valence-electron chi connectivity index (χ4n) is 0.801.